The largest absolute Gasteiger partial charge is 0.373 e. The minimum Gasteiger partial charge on any atom is -0.373 e. The summed E-state index contributed by atoms with van der Waals surface area (Å²) in [5.74, 6) is 1.24. The van der Waals surface area contributed by atoms with Crippen LogP contribution in [0.5, 0.6) is 0 Å². The summed E-state index contributed by atoms with van der Waals surface area (Å²) >= 11 is 1.59. The van der Waals surface area contributed by atoms with Crippen LogP contribution in [-0.2, 0) is 11.3 Å². The number of benzene rings is 1. The van der Waals surface area contributed by atoms with Crippen molar-refractivity contribution in [1.29, 1.82) is 0 Å². The second-order valence-electron chi connectivity index (χ2n) is 7.80. The van der Waals surface area contributed by atoms with Gasteiger partial charge in [0.05, 0.1) is 33.5 Å². The molecule has 4 rings (SSSR count). The highest BCUT2D eigenvalue weighted by Gasteiger charge is 2.33. The van der Waals surface area contributed by atoms with Gasteiger partial charge in [-0.25, -0.2) is 15.0 Å². The van der Waals surface area contributed by atoms with Gasteiger partial charge in [0.25, 0.3) is 5.91 Å². The quantitative estimate of drug-likeness (QED) is 0.657. The molecule has 1 aliphatic rings. The number of hydrogen-bond acceptors (Lipinski definition) is 7. The van der Waals surface area contributed by atoms with E-state index < -0.39 is 0 Å². The van der Waals surface area contributed by atoms with E-state index in [1.165, 1.54) is 6.92 Å². The van der Waals surface area contributed by atoms with Crippen LogP contribution in [0.2, 0.25) is 0 Å². The number of nitrogens with zero attached hydrogens (tertiary/aromatic N) is 5. The molecule has 162 valence electrons. The third-order valence-electron chi connectivity index (χ3n) is 5.54. The first kappa shape index (κ1) is 21.2. The van der Waals surface area contributed by atoms with Crippen LogP contribution in [0, 0.1) is 6.92 Å². The lowest BCUT2D eigenvalue weighted by Crippen LogP contribution is -2.32. The molecule has 3 aromatic rings. The van der Waals surface area contributed by atoms with Crippen LogP contribution >= 0.6 is 11.3 Å². The highest BCUT2D eigenvalue weighted by molar-refractivity contribution is 7.18. The maximum Gasteiger partial charge on any atom is 0.254 e. The maximum atomic E-state index is 13.4. The smallest absolute Gasteiger partial charge is 0.254 e. The number of carbonyl (C=O) groups is 2. The zero-order valence-electron chi connectivity index (χ0n) is 18.2. The fraction of sp³-hybridized carbons (Fsp3) is 0.409. The van der Waals surface area contributed by atoms with Crippen molar-refractivity contribution in [3.63, 3.8) is 0 Å². The molecule has 1 aromatic carbocycles. The fourth-order valence-electron chi connectivity index (χ4n) is 3.85. The molecule has 1 fully saturated rings. The molecule has 1 N–H and O–H groups in total. The Hall–Kier alpha value is -3.07. The van der Waals surface area contributed by atoms with Gasteiger partial charge in [0.15, 0.2) is 5.82 Å². The van der Waals surface area contributed by atoms with Crippen molar-refractivity contribution in [1.82, 2.24) is 24.8 Å². The van der Waals surface area contributed by atoms with E-state index >= 15 is 0 Å². The molecular weight excluding hydrogens is 412 g/mol. The second-order valence-corrected chi connectivity index (χ2v) is 9.03. The third-order valence-corrected chi connectivity index (χ3v) is 6.48. The van der Waals surface area contributed by atoms with Crippen LogP contribution in [0.25, 0.3) is 10.2 Å². The first-order valence-corrected chi connectivity index (χ1v) is 11.1. The Morgan fingerprint density at radius 3 is 2.81 bits per heavy atom. The van der Waals surface area contributed by atoms with Crippen LogP contribution in [0.1, 0.15) is 52.7 Å². The molecule has 2 amide bonds. The lowest BCUT2D eigenvalue weighted by atomic mass is 10.1. The Kier molecular flexibility index (Phi) is 5.86. The summed E-state index contributed by atoms with van der Waals surface area (Å²) in [6.07, 6.45) is 1.71. The van der Waals surface area contributed by atoms with Crippen LogP contribution in [0.3, 0.4) is 0 Å². The number of anilines is 1. The molecule has 0 unspecified atom stereocenters. The number of aromatic nitrogens is 3. The summed E-state index contributed by atoms with van der Waals surface area (Å²) < 4.78 is 1.02. The molecule has 0 bridgehead atoms. The van der Waals surface area contributed by atoms with Crippen LogP contribution < -0.4 is 5.32 Å². The van der Waals surface area contributed by atoms with Crippen LogP contribution in [0.4, 0.5) is 5.82 Å². The topological polar surface area (TPSA) is 91.3 Å². The van der Waals surface area contributed by atoms with Gasteiger partial charge in [-0.2, -0.15) is 0 Å². The molecule has 9 heteroatoms. The Balaban J connectivity index is 1.63. The predicted octanol–water partition coefficient (Wildman–Crippen LogP) is 3.39. The molecule has 2 aromatic heterocycles. The van der Waals surface area contributed by atoms with E-state index in [0.717, 1.165) is 33.8 Å². The Bertz CT molecular complexity index is 1140. The molecule has 0 radical (unpaired) electrons. The normalized spacial score (nSPS) is 16.0. The Labute approximate surface area is 185 Å². The van der Waals surface area contributed by atoms with Gasteiger partial charge in [0, 0.05) is 39.2 Å². The monoisotopic (exact) mass is 438 g/mol. The van der Waals surface area contributed by atoms with Crippen molar-refractivity contribution in [3.05, 3.63) is 46.4 Å². The average molecular weight is 439 g/mol. The lowest BCUT2D eigenvalue weighted by Gasteiger charge is -2.25. The van der Waals surface area contributed by atoms with Crippen molar-refractivity contribution in [3.8, 4) is 0 Å². The highest BCUT2D eigenvalue weighted by atomic mass is 32.1. The van der Waals surface area contributed by atoms with Gasteiger partial charge in [-0.15, -0.1) is 11.3 Å². The summed E-state index contributed by atoms with van der Waals surface area (Å²) in [4.78, 5) is 42.3. The summed E-state index contributed by atoms with van der Waals surface area (Å²) in [6, 6.07) is 7.32. The third kappa shape index (κ3) is 4.36. The van der Waals surface area contributed by atoms with Gasteiger partial charge in [-0.05, 0) is 38.0 Å². The number of aryl methyl sites for hydroxylation is 1. The summed E-state index contributed by atoms with van der Waals surface area (Å²) in [5, 5.41) is 4.05. The standard InChI is InChI=1S/C22H26N6O2S/c1-13-24-17-8-7-15(10-19(17)31-13)22(30)28-9-5-6-18(28)21-25-16(11-20(23-3)26-21)12-27(4)14(2)29/h7-8,10-11,18H,5-6,9,12H2,1-4H3,(H,23,25,26)/t18-/m1/s1. The summed E-state index contributed by atoms with van der Waals surface area (Å²) in [7, 11) is 3.54. The minimum absolute atomic E-state index is 0.0173. The predicted molar refractivity (Wildman–Crippen MR) is 121 cm³/mol. The van der Waals surface area contributed by atoms with Gasteiger partial charge in [0.2, 0.25) is 5.91 Å². The van der Waals surface area contributed by atoms with E-state index in [9.17, 15) is 9.59 Å². The van der Waals surface area contributed by atoms with Gasteiger partial charge in [0.1, 0.15) is 5.82 Å². The van der Waals surface area contributed by atoms with Gasteiger partial charge in [-0.3, -0.25) is 9.59 Å². The van der Waals surface area contributed by atoms with Crippen LogP contribution in [0.15, 0.2) is 24.3 Å². The van der Waals surface area contributed by atoms with E-state index in [1.807, 2.05) is 36.1 Å². The summed E-state index contributed by atoms with van der Waals surface area (Å²) in [5.41, 5.74) is 2.32. The van der Waals surface area contributed by atoms with Crippen molar-refractivity contribution >= 4 is 39.2 Å². The van der Waals surface area contributed by atoms with E-state index in [4.69, 9.17) is 4.98 Å². The van der Waals surface area contributed by atoms with E-state index in [1.54, 1.807) is 30.3 Å². The molecule has 0 spiro atoms. The number of amides is 2. The molecule has 1 aliphatic heterocycles. The zero-order chi connectivity index (χ0) is 22.1. The average Bonchev–Trinajstić information content (AvgIpc) is 3.38. The second kappa shape index (κ2) is 8.58. The number of fused-ring (bicyclic) bond motifs is 1. The van der Waals surface area contributed by atoms with Crippen molar-refractivity contribution in [2.45, 2.75) is 39.3 Å². The van der Waals surface area contributed by atoms with Crippen LogP contribution in [-0.4, -0.2) is 57.2 Å². The molecule has 0 aliphatic carbocycles. The van der Waals surface area contributed by atoms with Gasteiger partial charge < -0.3 is 15.1 Å². The van der Waals surface area contributed by atoms with Crippen molar-refractivity contribution < 1.29 is 9.59 Å². The van der Waals surface area contributed by atoms with Gasteiger partial charge >= 0.3 is 0 Å². The molecular formula is C22H26N6O2S. The molecule has 0 saturated carbocycles. The Morgan fingerprint density at radius 1 is 1.26 bits per heavy atom. The first-order valence-electron chi connectivity index (χ1n) is 10.3. The van der Waals surface area contributed by atoms with E-state index in [2.05, 4.69) is 15.3 Å². The number of thiazole rings is 1. The first-order chi connectivity index (χ1) is 14.9. The fourth-order valence-corrected chi connectivity index (χ4v) is 4.71. The molecule has 1 saturated heterocycles. The number of likely N-dealkylation sites (tertiary alicyclic amines) is 1. The Morgan fingerprint density at radius 2 is 2.06 bits per heavy atom. The van der Waals surface area contributed by atoms with Crippen molar-refractivity contribution in [2.24, 2.45) is 0 Å². The molecule has 3 heterocycles. The summed E-state index contributed by atoms with van der Waals surface area (Å²) in [6.45, 7) is 4.55. The number of hydrogen-bond donors (Lipinski definition) is 1. The maximum absolute atomic E-state index is 13.4. The molecule has 1 atom stereocenters. The zero-order valence-corrected chi connectivity index (χ0v) is 19.0. The number of nitrogens with one attached hydrogen (secondary N) is 1. The van der Waals surface area contributed by atoms with Crippen molar-refractivity contribution in [2.75, 3.05) is 26.0 Å². The van der Waals surface area contributed by atoms with E-state index in [0.29, 0.717) is 30.3 Å². The van der Waals surface area contributed by atoms with Gasteiger partial charge in [-0.1, -0.05) is 0 Å². The SMILES string of the molecule is CNc1cc(CN(C)C(C)=O)nc([C@H]2CCCN2C(=O)c2ccc3nc(C)sc3c2)n1. The minimum atomic E-state index is -0.193. The van der Waals surface area contributed by atoms with E-state index in [-0.39, 0.29) is 17.9 Å². The molecule has 31 heavy (non-hydrogen) atoms. The lowest BCUT2D eigenvalue weighted by molar-refractivity contribution is -0.128. The molecule has 8 nitrogen and oxygen atoms in total. The highest BCUT2D eigenvalue weighted by Crippen LogP contribution is 2.33. The number of rotatable bonds is 5. The number of carbonyl (C=O) groups excluding carboxylic acids is 2.